The Labute approximate surface area is 112 Å². The smallest absolute Gasteiger partial charge is 0.240 e. The largest absolute Gasteiger partial charge is 0.496 e. The van der Waals surface area contributed by atoms with Crippen molar-refractivity contribution in [2.75, 3.05) is 7.11 Å². The fourth-order valence-electron chi connectivity index (χ4n) is 1.97. The number of aromatic nitrogens is 2. The number of para-hydroxylation sites is 1. The molecule has 0 unspecified atom stereocenters. The fraction of sp³-hybridized carbons (Fsp3) is 0.429. The maximum atomic E-state index is 5.55. The summed E-state index contributed by atoms with van der Waals surface area (Å²) in [6, 6.07) is 5.93. The first-order valence-electron chi connectivity index (χ1n) is 6.18. The van der Waals surface area contributed by atoms with Gasteiger partial charge in [-0.05, 0) is 11.5 Å². The van der Waals surface area contributed by atoms with Crippen LogP contribution in [0.3, 0.4) is 0 Å². The normalized spacial score (nSPS) is 11.6. The van der Waals surface area contributed by atoms with E-state index in [-0.39, 0.29) is 12.0 Å². The number of benzene rings is 1. The minimum absolute atomic E-state index is 0.0260. The molecule has 0 aliphatic heterocycles. The molecule has 0 atom stereocenters. The highest BCUT2D eigenvalue weighted by Crippen LogP contribution is 2.37. The number of rotatable bonds is 3. The van der Waals surface area contributed by atoms with Crippen molar-refractivity contribution in [2.45, 2.75) is 32.7 Å². The minimum Gasteiger partial charge on any atom is -0.496 e. The lowest BCUT2D eigenvalue weighted by atomic mass is 9.85. The Morgan fingerprint density at radius 3 is 2.58 bits per heavy atom. The first-order valence-corrected chi connectivity index (χ1v) is 6.18. The van der Waals surface area contributed by atoms with Gasteiger partial charge in [0.25, 0.3) is 0 Å². The van der Waals surface area contributed by atoms with Crippen LogP contribution in [0, 0.1) is 0 Å². The molecule has 0 fully saturated rings. The van der Waals surface area contributed by atoms with Gasteiger partial charge in [-0.3, -0.25) is 0 Å². The van der Waals surface area contributed by atoms with E-state index in [1.54, 1.807) is 7.11 Å². The Bertz CT molecular complexity index is 570. The van der Waals surface area contributed by atoms with Crippen LogP contribution < -0.4 is 10.5 Å². The molecule has 0 amide bonds. The second-order valence-corrected chi connectivity index (χ2v) is 5.35. The maximum Gasteiger partial charge on any atom is 0.240 e. The summed E-state index contributed by atoms with van der Waals surface area (Å²) in [5, 5.41) is 3.94. The molecule has 5 nitrogen and oxygen atoms in total. The van der Waals surface area contributed by atoms with Gasteiger partial charge in [0.05, 0.1) is 19.2 Å². The van der Waals surface area contributed by atoms with E-state index in [9.17, 15) is 0 Å². The lowest BCUT2D eigenvalue weighted by Crippen LogP contribution is -2.13. The van der Waals surface area contributed by atoms with Gasteiger partial charge in [-0.1, -0.05) is 38.1 Å². The summed E-state index contributed by atoms with van der Waals surface area (Å²) >= 11 is 0. The second kappa shape index (κ2) is 5.01. The van der Waals surface area contributed by atoms with E-state index in [1.165, 1.54) is 0 Å². The number of ether oxygens (including phenoxy) is 1. The van der Waals surface area contributed by atoms with Gasteiger partial charge in [0.1, 0.15) is 5.75 Å². The molecule has 102 valence electrons. The predicted molar refractivity (Wildman–Crippen MR) is 72.9 cm³/mol. The molecule has 19 heavy (non-hydrogen) atoms. The third kappa shape index (κ3) is 2.61. The van der Waals surface area contributed by atoms with Crippen LogP contribution in [0.4, 0.5) is 0 Å². The van der Waals surface area contributed by atoms with Gasteiger partial charge in [-0.25, -0.2) is 0 Å². The first-order chi connectivity index (χ1) is 8.97. The molecule has 0 saturated carbocycles. The van der Waals surface area contributed by atoms with Gasteiger partial charge in [0.2, 0.25) is 11.7 Å². The maximum absolute atomic E-state index is 5.55. The summed E-state index contributed by atoms with van der Waals surface area (Å²) in [6.45, 7) is 6.64. The summed E-state index contributed by atoms with van der Waals surface area (Å²) in [5.41, 5.74) is 7.38. The van der Waals surface area contributed by atoms with Gasteiger partial charge in [-0.2, -0.15) is 4.98 Å². The zero-order valence-corrected chi connectivity index (χ0v) is 11.7. The number of nitrogens with zero attached hydrogens (tertiary/aromatic N) is 2. The summed E-state index contributed by atoms with van der Waals surface area (Å²) in [6.07, 6.45) is 0. The number of nitrogens with two attached hydrogens (primary N) is 1. The Kier molecular flexibility index (Phi) is 3.57. The van der Waals surface area contributed by atoms with E-state index in [0.29, 0.717) is 11.7 Å². The van der Waals surface area contributed by atoms with Crippen LogP contribution in [0.25, 0.3) is 11.4 Å². The third-order valence-electron chi connectivity index (χ3n) is 2.91. The van der Waals surface area contributed by atoms with Crippen LogP contribution >= 0.6 is 0 Å². The molecule has 0 aliphatic rings. The Hall–Kier alpha value is -1.88. The molecule has 1 aromatic heterocycles. The molecule has 0 spiro atoms. The number of hydrogen-bond acceptors (Lipinski definition) is 5. The van der Waals surface area contributed by atoms with Gasteiger partial charge < -0.3 is 15.0 Å². The monoisotopic (exact) mass is 261 g/mol. The lowest BCUT2D eigenvalue weighted by molar-refractivity contribution is 0.379. The van der Waals surface area contributed by atoms with Crippen LogP contribution in [0.2, 0.25) is 0 Å². The number of methoxy groups -OCH3 is 1. The fourth-order valence-corrected chi connectivity index (χ4v) is 1.97. The highest BCUT2D eigenvalue weighted by atomic mass is 16.5. The van der Waals surface area contributed by atoms with Crippen LogP contribution in [0.1, 0.15) is 32.2 Å². The van der Waals surface area contributed by atoms with Crippen LogP contribution in [0.5, 0.6) is 5.75 Å². The zero-order valence-electron chi connectivity index (χ0n) is 11.7. The average Bonchev–Trinajstić information content (AvgIpc) is 2.85. The Morgan fingerprint density at radius 1 is 1.32 bits per heavy atom. The Morgan fingerprint density at radius 2 is 2.05 bits per heavy atom. The molecule has 0 aliphatic carbocycles. The molecule has 2 aromatic rings. The van der Waals surface area contributed by atoms with Gasteiger partial charge in [-0.15, -0.1) is 0 Å². The highest BCUT2D eigenvalue weighted by molar-refractivity contribution is 5.67. The molecule has 0 radical (unpaired) electrons. The molecule has 2 N–H and O–H groups in total. The molecule has 0 saturated heterocycles. The standard InChI is InChI=1S/C14H19N3O2/c1-14(2,3)10-7-5-6-9(12(10)18-4)13-16-11(8-15)19-17-13/h5-7H,8,15H2,1-4H3. The van der Waals surface area contributed by atoms with E-state index >= 15 is 0 Å². The van der Waals surface area contributed by atoms with Crippen LogP contribution in [-0.4, -0.2) is 17.3 Å². The molecule has 1 aromatic carbocycles. The van der Waals surface area contributed by atoms with Crippen molar-refractivity contribution in [1.29, 1.82) is 0 Å². The summed E-state index contributed by atoms with van der Waals surface area (Å²) in [7, 11) is 1.65. The second-order valence-electron chi connectivity index (χ2n) is 5.35. The average molecular weight is 261 g/mol. The predicted octanol–water partition coefficient (Wildman–Crippen LogP) is 2.50. The molecule has 1 heterocycles. The van der Waals surface area contributed by atoms with Crippen molar-refractivity contribution >= 4 is 0 Å². The molecular formula is C14H19N3O2. The summed E-state index contributed by atoms with van der Waals surface area (Å²) in [5.74, 6) is 1.70. The van der Waals surface area contributed by atoms with Crippen LogP contribution in [0.15, 0.2) is 22.7 Å². The summed E-state index contributed by atoms with van der Waals surface area (Å²) < 4.78 is 10.6. The highest BCUT2D eigenvalue weighted by Gasteiger charge is 2.23. The van der Waals surface area contributed by atoms with Crippen molar-refractivity contribution in [3.8, 4) is 17.1 Å². The third-order valence-corrected chi connectivity index (χ3v) is 2.91. The van der Waals surface area contributed by atoms with Crippen molar-refractivity contribution < 1.29 is 9.26 Å². The van der Waals surface area contributed by atoms with Crippen molar-refractivity contribution in [2.24, 2.45) is 5.73 Å². The van der Waals surface area contributed by atoms with Gasteiger partial charge in [0, 0.05) is 5.56 Å². The molecule has 5 heteroatoms. The topological polar surface area (TPSA) is 74.2 Å². The van der Waals surface area contributed by atoms with Crippen molar-refractivity contribution in [1.82, 2.24) is 10.1 Å². The first kappa shape index (κ1) is 13.5. The zero-order chi connectivity index (χ0) is 14.0. The number of hydrogen-bond donors (Lipinski definition) is 1. The van der Waals surface area contributed by atoms with Gasteiger partial charge >= 0.3 is 0 Å². The molecular weight excluding hydrogens is 242 g/mol. The van der Waals surface area contributed by atoms with E-state index in [4.69, 9.17) is 15.0 Å². The van der Waals surface area contributed by atoms with Crippen LogP contribution in [-0.2, 0) is 12.0 Å². The van der Waals surface area contributed by atoms with Gasteiger partial charge in [0.15, 0.2) is 0 Å². The van der Waals surface area contributed by atoms with E-state index in [1.807, 2.05) is 18.2 Å². The Balaban J connectivity index is 2.57. The van der Waals surface area contributed by atoms with Crippen molar-refractivity contribution in [3.05, 3.63) is 29.7 Å². The van der Waals surface area contributed by atoms with E-state index in [2.05, 4.69) is 30.9 Å². The van der Waals surface area contributed by atoms with E-state index in [0.717, 1.165) is 16.9 Å². The molecule has 0 bridgehead atoms. The molecule has 2 rings (SSSR count). The SMILES string of the molecule is COc1c(-c2noc(CN)n2)cccc1C(C)(C)C. The minimum atomic E-state index is -0.0260. The quantitative estimate of drug-likeness (QED) is 0.918. The lowest BCUT2D eigenvalue weighted by Gasteiger charge is -2.23. The summed E-state index contributed by atoms with van der Waals surface area (Å²) in [4.78, 5) is 4.25. The van der Waals surface area contributed by atoms with E-state index < -0.39 is 0 Å². The van der Waals surface area contributed by atoms with Crippen molar-refractivity contribution in [3.63, 3.8) is 0 Å².